The number of carbonyl (C=O) groups is 1. The monoisotopic (exact) mass is 309 g/mol. The number of rotatable bonds is 3. The second-order valence-electron chi connectivity index (χ2n) is 4.16. The first-order valence-corrected chi connectivity index (χ1v) is 6.19. The van der Waals surface area contributed by atoms with Gasteiger partial charge in [-0.25, -0.2) is 9.18 Å². The highest BCUT2D eigenvalue weighted by molar-refractivity contribution is 6.58. The Balaban J connectivity index is 2.29. The SMILES string of the molecule is Nc1cccc(Cl)c1OC(=O)c1ccc(B(O)O)cc1F. The van der Waals surface area contributed by atoms with Gasteiger partial charge in [0.1, 0.15) is 5.82 Å². The highest BCUT2D eigenvalue weighted by Crippen LogP contribution is 2.31. The summed E-state index contributed by atoms with van der Waals surface area (Å²) in [4.78, 5) is 11.9. The summed E-state index contributed by atoms with van der Waals surface area (Å²) < 4.78 is 18.8. The lowest BCUT2D eigenvalue weighted by molar-refractivity contribution is 0.0731. The highest BCUT2D eigenvalue weighted by atomic mass is 35.5. The molecule has 0 saturated heterocycles. The number of ether oxygens (including phenoxy) is 1. The van der Waals surface area contributed by atoms with E-state index in [1.165, 1.54) is 18.2 Å². The Labute approximate surface area is 124 Å². The zero-order chi connectivity index (χ0) is 15.6. The molecule has 0 fully saturated rings. The number of para-hydroxylation sites is 1. The van der Waals surface area contributed by atoms with Crippen molar-refractivity contribution in [3.05, 3.63) is 52.8 Å². The van der Waals surface area contributed by atoms with E-state index in [4.69, 9.17) is 32.1 Å². The van der Waals surface area contributed by atoms with Crippen molar-refractivity contribution in [1.29, 1.82) is 0 Å². The van der Waals surface area contributed by atoms with Crippen LogP contribution in [0.2, 0.25) is 5.02 Å². The van der Waals surface area contributed by atoms with Crippen LogP contribution < -0.4 is 15.9 Å². The van der Waals surface area contributed by atoms with Crippen LogP contribution >= 0.6 is 11.6 Å². The van der Waals surface area contributed by atoms with Crippen molar-refractivity contribution < 1.29 is 24.0 Å². The first kappa shape index (κ1) is 15.3. The quantitative estimate of drug-likeness (QED) is 0.340. The fourth-order valence-corrected chi connectivity index (χ4v) is 1.86. The van der Waals surface area contributed by atoms with E-state index in [1.54, 1.807) is 6.07 Å². The van der Waals surface area contributed by atoms with Crippen molar-refractivity contribution in [3.63, 3.8) is 0 Å². The van der Waals surface area contributed by atoms with Crippen LogP contribution in [0.25, 0.3) is 0 Å². The van der Waals surface area contributed by atoms with E-state index in [0.717, 1.165) is 12.1 Å². The number of hydrogen-bond donors (Lipinski definition) is 3. The molecule has 0 aromatic heterocycles. The molecule has 0 heterocycles. The second-order valence-corrected chi connectivity index (χ2v) is 4.57. The predicted molar refractivity (Wildman–Crippen MR) is 77.0 cm³/mol. The van der Waals surface area contributed by atoms with Crippen LogP contribution in [0.4, 0.5) is 10.1 Å². The molecule has 0 amide bonds. The van der Waals surface area contributed by atoms with Gasteiger partial charge in [-0.2, -0.15) is 0 Å². The molecule has 0 aliphatic rings. The van der Waals surface area contributed by atoms with Crippen molar-refractivity contribution in [1.82, 2.24) is 0 Å². The van der Waals surface area contributed by atoms with Gasteiger partial charge in [0.25, 0.3) is 0 Å². The Bertz CT molecular complexity index is 676. The molecule has 0 spiro atoms. The Morgan fingerprint density at radius 3 is 2.57 bits per heavy atom. The second kappa shape index (κ2) is 6.13. The summed E-state index contributed by atoms with van der Waals surface area (Å²) in [5, 5.41) is 18.0. The van der Waals surface area contributed by atoms with Crippen LogP contribution in [-0.4, -0.2) is 23.1 Å². The van der Waals surface area contributed by atoms with Crippen molar-refractivity contribution >= 4 is 35.8 Å². The predicted octanol–water partition coefficient (Wildman–Crippen LogP) is 0.960. The molecule has 0 unspecified atom stereocenters. The van der Waals surface area contributed by atoms with E-state index in [1.807, 2.05) is 0 Å². The van der Waals surface area contributed by atoms with Gasteiger partial charge in [0.2, 0.25) is 0 Å². The number of nitrogen functional groups attached to an aromatic ring is 1. The number of esters is 1. The van der Waals surface area contributed by atoms with Crippen LogP contribution in [0.3, 0.4) is 0 Å². The topological polar surface area (TPSA) is 92.8 Å². The van der Waals surface area contributed by atoms with E-state index in [-0.39, 0.29) is 27.5 Å². The lowest BCUT2D eigenvalue weighted by Gasteiger charge is -2.10. The summed E-state index contributed by atoms with van der Waals surface area (Å²) in [5.41, 5.74) is 5.31. The van der Waals surface area contributed by atoms with Gasteiger partial charge in [0.05, 0.1) is 16.3 Å². The Hall–Kier alpha value is -2.09. The Morgan fingerprint density at radius 1 is 1.29 bits per heavy atom. The fraction of sp³-hybridized carbons (Fsp3) is 0. The minimum absolute atomic E-state index is 0.0603. The van der Waals surface area contributed by atoms with Crippen LogP contribution in [-0.2, 0) is 0 Å². The third kappa shape index (κ3) is 3.33. The molecule has 5 nitrogen and oxygen atoms in total. The molecule has 2 aromatic carbocycles. The van der Waals surface area contributed by atoms with Gasteiger partial charge in [-0.15, -0.1) is 0 Å². The summed E-state index contributed by atoms with van der Waals surface area (Å²) in [6.45, 7) is 0. The van der Waals surface area contributed by atoms with E-state index in [0.29, 0.717) is 0 Å². The maximum atomic E-state index is 13.8. The van der Waals surface area contributed by atoms with E-state index >= 15 is 0 Å². The van der Waals surface area contributed by atoms with Crippen molar-refractivity contribution in [2.24, 2.45) is 0 Å². The molecule has 0 bridgehead atoms. The Morgan fingerprint density at radius 2 is 2.00 bits per heavy atom. The summed E-state index contributed by atoms with van der Waals surface area (Å²) in [5.74, 6) is -2.00. The molecule has 0 aliphatic carbocycles. The lowest BCUT2D eigenvalue weighted by Crippen LogP contribution is -2.30. The maximum absolute atomic E-state index is 13.8. The van der Waals surface area contributed by atoms with E-state index < -0.39 is 18.9 Å². The van der Waals surface area contributed by atoms with Crippen LogP contribution in [0.15, 0.2) is 36.4 Å². The van der Waals surface area contributed by atoms with Gasteiger partial charge in [0.15, 0.2) is 5.75 Å². The number of benzene rings is 2. The molecule has 4 N–H and O–H groups in total. The standard InChI is InChI=1S/C13H10BClFNO4/c15-9-2-1-3-11(17)12(9)21-13(18)8-5-4-7(14(19)20)6-10(8)16/h1-6,19-20H,17H2. The minimum atomic E-state index is -1.83. The van der Waals surface area contributed by atoms with Gasteiger partial charge in [-0.3, -0.25) is 0 Å². The summed E-state index contributed by atoms with van der Waals surface area (Å²) >= 11 is 5.85. The van der Waals surface area contributed by atoms with E-state index in [2.05, 4.69) is 0 Å². The van der Waals surface area contributed by atoms with Crippen LogP contribution in [0.1, 0.15) is 10.4 Å². The van der Waals surface area contributed by atoms with E-state index in [9.17, 15) is 9.18 Å². The van der Waals surface area contributed by atoms with Crippen LogP contribution in [0.5, 0.6) is 5.75 Å². The van der Waals surface area contributed by atoms with Crippen LogP contribution in [0, 0.1) is 5.82 Å². The zero-order valence-corrected chi connectivity index (χ0v) is 11.3. The molecule has 108 valence electrons. The number of nitrogens with two attached hydrogens (primary N) is 1. The first-order chi connectivity index (χ1) is 9.90. The number of carbonyl (C=O) groups excluding carboxylic acids is 1. The molecule has 21 heavy (non-hydrogen) atoms. The normalized spacial score (nSPS) is 10.3. The highest BCUT2D eigenvalue weighted by Gasteiger charge is 2.20. The third-order valence-corrected chi connectivity index (χ3v) is 3.00. The number of anilines is 1. The third-order valence-electron chi connectivity index (χ3n) is 2.70. The van der Waals surface area contributed by atoms with Crippen molar-refractivity contribution in [2.45, 2.75) is 0 Å². The van der Waals surface area contributed by atoms with Gasteiger partial charge in [0, 0.05) is 0 Å². The first-order valence-electron chi connectivity index (χ1n) is 5.82. The summed E-state index contributed by atoms with van der Waals surface area (Å²) in [7, 11) is -1.83. The largest absolute Gasteiger partial charge is 0.488 e. The molecule has 0 aliphatic heterocycles. The molecule has 2 rings (SSSR count). The molecule has 2 aromatic rings. The summed E-state index contributed by atoms with van der Waals surface area (Å²) in [6, 6.07) is 7.64. The van der Waals surface area contributed by atoms with Gasteiger partial charge in [-0.1, -0.05) is 23.7 Å². The molecular weight excluding hydrogens is 299 g/mol. The van der Waals surface area contributed by atoms with Gasteiger partial charge in [-0.05, 0) is 29.7 Å². The van der Waals surface area contributed by atoms with Crippen molar-refractivity contribution in [2.75, 3.05) is 5.73 Å². The molecular formula is C13H10BClFNO4. The number of hydrogen-bond acceptors (Lipinski definition) is 5. The molecule has 8 heteroatoms. The molecule has 0 atom stereocenters. The maximum Gasteiger partial charge on any atom is 0.488 e. The summed E-state index contributed by atoms with van der Waals surface area (Å²) in [6.07, 6.45) is 0. The van der Waals surface area contributed by atoms with Gasteiger partial charge >= 0.3 is 13.1 Å². The molecule has 0 radical (unpaired) electrons. The smallest absolute Gasteiger partial charge is 0.423 e. The lowest BCUT2D eigenvalue weighted by atomic mass is 9.80. The fourth-order valence-electron chi connectivity index (χ4n) is 1.64. The number of halogens is 2. The average Bonchev–Trinajstić information content (AvgIpc) is 2.42. The average molecular weight is 309 g/mol. The van der Waals surface area contributed by atoms with Gasteiger partial charge < -0.3 is 20.5 Å². The molecule has 0 saturated carbocycles. The zero-order valence-electron chi connectivity index (χ0n) is 10.6. The Kier molecular flexibility index (Phi) is 4.47. The minimum Gasteiger partial charge on any atom is -0.423 e. The van der Waals surface area contributed by atoms with Crippen molar-refractivity contribution in [3.8, 4) is 5.75 Å².